The minimum absolute atomic E-state index is 0.227. The Bertz CT molecular complexity index is 471. The molecule has 1 aliphatic rings. The number of carboxylic acids is 1. The van der Waals surface area contributed by atoms with Gasteiger partial charge in [0.15, 0.2) is 0 Å². The topological polar surface area (TPSA) is 60.8 Å². The zero-order chi connectivity index (χ0) is 15.4. The van der Waals surface area contributed by atoms with Crippen molar-refractivity contribution in [3.05, 3.63) is 35.4 Å². The van der Waals surface area contributed by atoms with E-state index in [2.05, 4.69) is 4.90 Å². The Morgan fingerprint density at radius 2 is 1.90 bits per heavy atom. The van der Waals surface area contributed by atoms with Gasteiger partial charge in [-0.05, 0) is 37.9 Å². The summed E-state index contributed by atoms with van der Waals surface area (Å²) >= 11 is 0. The molecule has 4 nitrogen and oxygen atoms in total. The van der Waals surface area contributed by atoms with Gasteiger partial charge in [-0.2, -0.15) is 0 Å². The van der Waals surface area contributed by atoms with Gasteiger partial charge in [0.1, 0.15) is 0 Å². The lowest BCUT2D eigenvalue weighted by atomic mass is 9.91. The second-order valence-electron chi connectivity index (χ2n) is 6.14. The largest absolute Gasteiger partial charge is 0.481 e. The van der Waals surface area contributed by atoms with Gasteiger partial charge in [-0.25, -0.2) is 0 Å². The number of aliphatic hydroxyl groups is 1. The third kappa shape index (κ3) is 4.05. The van der Waals surface area contributed by atoms with Gasteiger partial charge < -0.3 is 10.2 Å². The van der Waals surface area contributed by atoms with Gasteiger partial charge in [-0.3, -0.25) is 9.69 Å². The third-order valence-electron chi connectivity index (χ3n) is 4.54. The van der Waals surface area contributed by atoms with Crippen molar-refractivity contribution in [1.82, 2.24) is 4.90 Å². The fourth-order valence-electron chi connectivity index (χ4n) is 3.07. The minimum Gasteiger partial charge on any atom is -0.481 e. The van der Waals surface area contributed by atoms with Crippen LogP contribution in [0.15, 0.2) is 24.3 Å². The Labute approximate surface area is 126 Å². The van der Waals surface area contributed by atoms with Crippen molar-refractivity contribution in [2.75, 3.05) is 7.05 Å². The molecule has 4 heteroatoms. The number of hydrogen-bond acceptors (Lipinski definition) is 3. The lowest BCUT2D eigenvalue weighted by Gasteiger charge is -2.35. The van der Waals surface area contributed by atoms with Crippen LogP contribution in [0, 0.1) is 0 Å². The molecule has 1 fully saturated rings. The van der Waals surface area contributed by atoms with Crippen LogP contribution in [0.3, 0.4) is 0 Å². The van der Waals surface area contributed by atoms with E-state index >= 15 is 0 Å². The van der Waals surface area contributed by atoms with Crippen molar-refractivity contribution in [1.29, 1.82) is 0 Å². The molecule has 0 spiro atoms. The Kier molecular flexibility index (Phi) is 5.37. The lowest BCUT2D eigenvalue weighted by Crippen LogP contribution is -2.42. The van der Waals surface area contributed by atoms with Crippen LogP contribution in [-0.4, -0.2) is 40.3 Å². The summed E-state index contributed by atoms with van der Waals surface area (Å²) in [6.45, 7) is 2.48. The molecular formula is C17H25NO3. The van der Waals surface area contributed by atoms with E-state index in [1.54, 1.807) is 6.92 Å². The minimum atomic E-state index is -0.801. The number of aliphatic hydroxyl groups excluding tert-OH is 1. The number of aliphatic carboxylic acids is 1. The van der Waals surface area contributed by atoms with E-state index in [1.165, 1.54) is 6.42 Å². The van der Waals surface area contributed by atoms with Crippen LogP contribution in [0.2, 0.25) is 0 Å². The average Bonchev–Trinajstić information content (AvgIpc) is 2.47. The summed E-state index contributed by atoms with van der Waals surface area (Å²) in [5.74, 6) is -1.28. The molecule has 1 aromatic rings. The lowest BCUT2D eigenvalue weighted by molar-refractivity contribution is -0.138. The molecule has 0 aliphatic heterocycles. The van der Waals surface area contributed by atoms with E-state index in [0.717, 1.165) is 36.9 Å². The first kappa shape index (κ1) is 16.0. The first-order valence-corrected chi connectivity index (χ1v) is 7.69. The number of carboxylic acid groups (broad SMARTS) is 1. The molecule has 0 bridgehead atoms. The van der Waals surface area contributed by atoms with Crippen LogP contribution < -0.4 is 0 Å². The normalized spacial score (nSPS) is 24.0. The summed E-state index contributed by atoms with van der Waals surface area (Å²) in [6.07, 6.45) is 4.01. The molecule has 3 unspecified atom stereocenters. The third-order valence-corrected chi connectivity index (χ3v) is 4.54. The van der Waals surface area contributed by atoms with Crippen molar-refractivity contribution in [2.45, 2.75) is 57.2 Å². The Morgan fingerprint density at radius 3 is 2.48 bits per heavy atom. The first-order chi connectivity index (χ1) is 9.99. The summed E-state index contributed by atoms with van der Waals surface area (Å²) in [7, 11) is 2.05. The number of likely N-dealkylation sites (N-methyl/N-ethyl adjacent to an activating group) is 1. The average molecular weight is 291 g/mol. The van der Waals surface area contributed by atoms with Gasteiger partial charge in [0, 0.05) is 12.6 Å². The maximum atomic E-state index is 11.0. The highest BCUT2D eigenvalue weighted by molar-refractivity contribution is 5.75. The fourth-order valence-corrected chi connectivity index (χ4v) is 3.07. The molecular weight excluding hydrogens is 266 g/mol. The second-order valence-corrected chi connectivity index (χ2v) is 6.14. The quantitative estimate of drug-likeness (QED) is 0.875. The Balaban J connectivity index is 1.98. The van der Waals surface area contributed by atoms with Crippen LogP contribution in [0.5, 0.6) is 0 Å². The predicted octanol–water partition coefficient (Wildman–Crippen LogP) is 2.61. The molecule has 0 radical (unpaired) electrons. The van der Waals surface area contributed by atoms with Crippen LogP contribution in [0.25, 0.3) is 0 Å². The summed E-state index contributed by atoms with van der Waals surface area (Å²) in [5, 5.41) is 19.1. The highest BCUT2D eigenvalue weighted by atomic mass is 16.4. The highest BCUT2D eigenvalue weighted by Gasteiger charge is 2.26. The van der Waals surface area contributed by atoms with Gasteiger partial charge in [0.05, 0.1) is 12.0 Å². The highest BCUT2D eigenvalue weighted by Crippen LogP contribution is 2.24. The number of hydrogen-bond donors (Lipinski definition) is 2. The van der Waals surface area contributed by atoms with Crippen LogP contribution in [0.1, 0.15) is 49.7 Å². The number of benzene rings is 1. The Morgan fingerprint density at radius 1 is 1.29 bits per heavy atom. The van der Waals surface area contributed by atoms with Gasteiger partial charge in [-0.1, -0.05) is 37.1 Å². The molecule has 116 valence electrons. The summed E-state index contributed by atoms with van der Waals surface area (Å²) < 4.78 is 0. The summed E-state index contributed by atoms with van der Waals surface area (Å²) in [5.41, 5.74) is 1.98. The molecule has 2 N–H and O–H groups in total. The zero-order valence-corrected chi connectivity index (χ0v) is 12.8. The monoisotopic (exact) mass is 291 g/mol. The van der Waals surface area contributed by atoms with Gasteiger partial charge in [-0.15, -0.1) is 0 Å². The van der Waals surface area contributed by atoms with E-state index in [1.807, 2.05) is 31.3 Å². The first-order valence-electron chi connectivity index (χ1n) is 7.69. The standard InChI is InChI=1S/C17H25NO3/c1-12(17(20)21)14-9-7-13(8-10-14)11-18(2)15-5-3-4-6-16(15)19/h7-10,12,15-16,19H,3-6,11H2,1-2H3,(H,20,21). The van der Waals surface area contributed by atoms with E-state index < -0.39 is 11.9 Å². The number of rotatable bonds is 5. The molecule has 21 heavy (non-hydrogen) atoms. The van der Waals surface area contributed by atoms with Crippen molar-refractivity contribution < 1.29 is 15.0 Å². The van der Waals surface area contributed by atoms with E-state index in [-0.39, 0.29) is 12.1 Å². The zero-order valence-electron chi connectivity index (χ0n) is 12.8. The van der Waals surface area contributed by atoms with Gasteiger partial charge in [0.25, 0.3) is 0 Å². The molecule has 1 saturated carbocycles. The maximum absolute atomic E-state index is 11.0. The molecule has 0 amide bonds. The predicted molar refractivity (Wildman–Crippen MR) is 82.2 cm³/mol. The molecule has 3 atom stereocenters. The number of nitrogens with zero attached hydrogens (tertiary/aromatic N) is 1. The van der Waals surface area contributed by atoms with Crippen molar-refractivity contribution in [3.63, 3.8) is 0 Å². The van der Waals surface area contributed by atoms with Gasteiger partial charge >= 0.3 is 5.97 Å². The molecule has 2 rings (SSSR count). The van der Waals surface area contributed by atoms with Gasteiger partial charge in [0.2, 0.25) is 0 Å². The van der Waals surface area contributed by atoms with Crippen LogP contribution in [0.4, 0.5) is 0 Å². The second kappa shape index (κ2) is 7.05. The molecule has 0 aromatic heterocycles. The van der Waals surface area contributed by atoms with E-state index in [4.69, 9.17) is 5.11 Å². The van der Waals surface area contributed by atoms with Crippen molar-refractivity contribution >= 4 is 5.97 Å². The molecule has 1 aromatic carbocycles. The molecule has 1 aliphatic carbocycles. The summed E-state index contributed by atoms with van der Waals surface area (Å²) in [4.78, 5) is 13.2. The Hall–Kier alpha value is -1.39. The summed E-state index contributed by atoms with van der Waals surface area (Å²) in [6, 6.07) is 7.98. The van der Waals surface area contributed by atoms with Crippen LogP contribution in [-0.2, 0) is 11.3 Å². The smallest absolute Gasteiger partial charge is 0.310 e. The van der Waals surface area contributed by atoms with Crippen molar-refractivity contribution in [3.8, 4) is 0 Å². The molecule has 0 heterocycles. The van der Waals surface area contributed by atoms with E-state index in [9.17, 15) is 9.90 Å². The number of carbonyl (C=O) groups is 1. The maximum Gasteiger partial charge on any atom is 0.310 e. The van der Waals surface area contributed by atoms with Crippen molar-refractivity contribution in [2.24, 2.45) is 0 Å². The van der Waals surface area contributed by atoms with E-state index in [0.29, 0.717) is 0 Å². The SMILES string of the molecule is CC(C(=O)O)c1ccc(CN(C)C2CCCCC2O)cc1. The van der Waals surface area contributed by atoms with Crippen LogP contribution >= 0.6 is 0 Å². The molecule has 0 saturated heterocycles. The fraction of sp³-hybridized carbons (Fsp3) is 0.588.